The van der Waals surface area contributed by atoms with E-state index in [1.165, 1.54) is 11.6 Å². The molecule has 2 heterocycles. The molecule has 0 radical (unpaired) electrons. The molecule has 1 aromatic heterocycles. The Balaban J connectivity index is 1.50. The Morgan fingerprint density at radius 1 is 1.35 bits per heavy atom. The van der Waals surface area contributed by atoms with E-state index in [1.807, 2.05) is 24.3 Å². The van der Waals surface area contributed by atoms with E-state index in [-0.39, 0.29) is 0 Å². The Bertz CT molecular complexity index is 757. The lowest BCUT2D eigenvalue weighted by Crippen LogP contribution is -2.26. The molecule has 6 nitrogen and oxygen atoms in total. The number of aliphatic carboxylic acids is 1. The zero-order chi connectivity index (χ0) is 18.4. The van der Waals surface area contributed by atoms with E-state index in [1.54, 1.807) is 13.3 Å². The van der Waals surface area contributed by atoms with Gasteiger partial charge in [0.05, 0.1) is 7.11 Å². The van der Waals surface area contributed by atoms with Crippen molar-refractivity contribution in [2.24, 2.45) is 0 Å². The van der Waals surface area contributed by atoms with Gasteiger partial charge < -0.3 is 15.2 Å². The molecule has 1 atom stereocenters. The summed E-state index contributed by atoms with van der Waals surface area (Å²) in [4.78, 5) is 17.3. The maximum Gasteiger partial charge on any atom is 0.328 e. The molecule has 1 fully saturated rings. The van der Waals surface area contributed by atoms with Crippen LogP contribution in [0.25, 0.3) is 6.08 Å². The van der Waals surface area contributed by atoms with Crippen molar-refractivity contribution in [2.45, 2.75) is 19.0 Å². The monoisotopic (exact) mass is 353 g/mol. The number of likely N-dealkylation sites (tertiary alicyclic amines) is 1. The number of nitrogens with one attached hydrogen (secondary N) is 1. The third kappa shape index (κ3) is 5.07. The molecule has 2 aromatic rings. The first-order valence-electron chi connectivity index (χ1n) is 8.61. The SMILES string of the molecule is COc1ccc(CN2CC[C@@H](Nc3ccc(C=CC(=O)O)cn3)C2)cc1. The first-order chi connectivity index (χ1) is 12.6. The number of carboxylic acid groups (broad SMARTS) is 1. The van der Waals surface area contributed by atoms with Crippen LogP contribution in [0.1, 0.15) is 17.5 Å². The smallest absolute Gasteiger partial charge is 0.328 e. The number of pyridine rings is 1. The third-order valence-electron chi connectivity index (χ3n) is 4.39. The molecule has 2 N–H and O–H groups in total. The fraction of sp³-hybridized carbons (Fsp3) is 0.300. The summed E-state index contributed by atoms with van der Waals surface area (Å²) in [5.41, 5.74) is 2.05. The van der Waals surface area contributed by atoms with Crippen molar-refractivity contribution in [2.75, 3.05) is 25.5 Å². The van der Waals surface area contributed by atoms with Crippen LogP contribution in [0.15, 0.2) is 48.7 Å². The van der Waals surface area contributed by atoms with Crippen LogP contribution >= 0.6 is 0 Å². The lowest BCUT2D eigenvalue weighted by Gasteiger charge is -2.17. The number of carbonyl (C=O) groups is 1. The Kier molecular flexibility index (Phi) is 5.86. The molecule has 0 amide bonds. The van der Waals surface area contributed by atoms with E-state index >= 15 is 0 Å². The van der Waals surface area contributed by atoms with Crippen molar-refractivity contribution < 1.29 is 14.6 Å². The van der Waals surface area contributed by atoms with Gasteiger partial charge in [-0.2, -0.15) is 0 Å². The Labute approximate surface area is 153 Å². The molecular formula is C20H23N3O3. The lowest BCUT2D eigenvalue weighted by atomic mass is 10.2. The molecule has 1 aliphatic heterocycles. The number of carboxylic acids is 1. The summed E-state index contributed by atoms with van der Waals surface area (Å²) >= 11 is 0. The van der Waals surface area contributed by atoms with Crippen LogP contribution in [0.4, 0.5) is 5.82 Å². The van der Waals surface area contributed by atoms with Crippen LogP contribution in [-0.2, 0) is 11.3 Å². The second-order valence-electron chi connectivity index (χ2n) is 6.36. The van der Waals surface area contributed by atoms with Gasteiger partial charge in [0.15, 0.2) is 0 Å². The number of anilines is 1. The van der Waals surface area contributed by atoms with Crippen LogP contribution in [0, 0.1) is 0 Å². The highest BCUT2D eigenvalue weighted by Crippen LogP contribution is 2.19. The molecule has 0 spiro atoms. The van der Waals surface area contributed by atoms with Crippen molar-refractivity contribution in [3.8, 4) is 5.75 Å². The number of nitrogens with zero attached hydrogens (tertiary/aromatic N) is 2. The summed E-state index contributed by atoms with van der Waals surface area (Å²) in [5, 5.41) is 12.1. The molecule has 1 aromatic carbocycles. The molecule has 0 aliphatic carbocycles. The van der Waals surface area contributed by atoms with Gasteiger partial charge in [-0.15, -0.1) is 0 Å². The summed E-state index contributed by atoms with van der Waals surface area (Å²) in [6.45, 7) is 2.94. The summed E-state index contributed by atoms with van der Waals surface area (Å²) in [7, 11) is 1.68. The number of methoxy groups -OCH3 is 1. The van der Waals surface area contributed by atoms with E-state index in [9.17, 15) is 4.79 Å². The Morgan fingerprint density at radius 3 is 2.81 bits per heavy atom. The minimum absolute atomic E-state index is 0.362. The standard InChI is InChI=1S/C20H23N3O3/c1-26-18-6-2-16(3-7-18)13-23-11-10-17(14-23)22-19-8-4-15(12-21-19)5-9-20(24)25/h2-9,12,17H,10-11,13-14H2,1H3,(H,21,22)(H,24,25)/t17-/m1/s1. The fourth-order valence-corrected chi connectivity index (χ4v) is 3.05. The largest absolute Gasteiger partial charge is 0.497 e. The predicted octanol–water partition coefficient (Wildman–Crippen LogP) is 2.87. The molecule has 3 rings (SSSR count). The quantitative estimate of drug-likeness (QED) is 0.746. The zero-order valence-electron chi connectivity index (χ0n) is 14.8. The molecule has 136 valence electrons. The molecular weight excluding hydrogens is 330 g/mol. The second kappa shape index (κ2) is 8.49. The lowest BCUT2D eigenvalue weighted by molar-refractivity contribution is -0.131. The zero-order valence-corrected chi connectivity index (χ0v) is 14.8. The minimum Gasteiger partial charge on any atom is -0.497 e. The average molecular weight is 353 g/mol. The van der Waals surface area contributed by atoms with Gasteiger partial charge in [-0.05, 0) is 47.9 Å². The van der Waals surface area contributed by atoms with Gasteiger partial charge in [0.25, 0.3) is 0 Å². The minimum atomic E-state index is -0.963. The molecule has 1 saturated heterocycles. The maximum absolute atomic E-state index is 10.5. The van der Waals surface area contributed by atoms with Crippen molar-refractivity contribution in [3.05, 3.63) is 59.8 Å². The highest BCUT2D eigenvalue weighted by Gasteiger charge is 2.22. The van der Waals surface area contributed by atoms with Crippen LogP contribution < -0.4 is 10.1 Å². The molecule has 0 unspecified atom stereocenters. The van der Waals surface area contributed by atoms with E-state index < -0.39 is 5.97 Å². The van der Waals surface area contributed by atoms with E-state index in [0.717, 1.165) is 49.3 Å². The van der Waals surface area contributed by atoms with Crippen LogP contribution in [0.2, 0.25) is 0 Å². The topological polar surface area (TPSA) is 74.7 Å². The number of benzene rings is 1. The third-order valence-corrected chi connectivity index (χ3v) is 4.39. The van der Waals surface area contributed by atoms with Gasteiger partial charge in [-0.1, -0.05) is 12.1 Å². The van der Waals surface area contributed by atoms with Crippen LogP contribution in [-0.4, -0.2) is 47.2 Å². The highest BCUT2D eigenvalue weighted by atomic mass is 16.5. The number of aromatic nitrogens is 1. The number of ether oxygens (including phenoxy) is 1. The van der Waals surface area contributed by atoms with Gasteiger partial charge in [0.1, 0.15) is 11.6 Å². The Morgan fingerprint density at radius 2 is 2.15 bits per heavy atom. The van der Waals surface area contributed by atoms with Gasteiger partial charge in [0.2, 0.25) is 0 Å². The maximum atomic E-state index is 10.5. The molecule has 26 heavy (non-hydrogen) atoms. The summed E-state index contributed by atoms with van der Waals surface area (Å²) in [6.07, 6.45) is 5.38. The fourth-order valence-electron chi connectivity index (χ4n) is 3.05. The highest BCUT2D eigenvalue weighted by molar-refractivity contribution is 5.85. The normalized spacial score (nSPS) is 17.5. The predicted molar refractivity (Wildman–Crippen MR) is 101 cm³/mol. The molecule has 0 bridgehead atoms. The number of hydrogen-bond acceptors (Lipinski definition) is 5. The Hall–Kier alpha value is -2.86. The first-order valence-corrected chi connectivity index (χ1v) is 8.61. The molecule has 0 saturated carbocycles. The van der Waals surface area contributed by atoms with Crippen molar-refractivity contribution in [1.29, 1.82) is 0 Å². The van der Waals surface area contributed by atoms with Crippen molar-refractivity contribution in [1.82, 2.24) is 9.88 Å². The number of rotatable bonds is 7. The van der Waals surface area contributed by atoms with Gasteiger partial charge >= 0.3 is 5.97 Å². The van der Waals surface area contributed by atoms with E-state index in [2.05, 4.69) is 27.3 Å². The van der Waals surface area contributed by atoms with Crippen LogP contribution in [0.5, 0.6) is 5.75 Å². The van der Waals surface area contributed by atoms with Crippen molar-refractivity contribution >= 4 is 17.9 Å². The number of hydrogen-bond donors (Lipinski definition) is 2. The molecule has 6 heteroatoms. The summed E-state index contributed by atoms with van der Waals surface area (Å²) < 4.78 is 5.19. The van der Waals surface area contributed by atoms with Gasteiger partial charge in [0, 0.05) is 37.9 Å². The van der Waals surface area contributed by atoms with E-state index in [4.69, 9.17) is 9.84 Å². The average Bonchev–Trinajstić information content (AvgIpc) is 3.08. The first kappa shape index (κ1) is 17.9. The van der Waals surface area contributed by atoms with Crippen molar-refractivity contribution in [3.63, 3.8) is 0 Å². The van der Waals surface area contributed by atoms with Crippen LogP contribution in [0.3, 0.4) is 0 Å². The van der Waals surface area contributed by atoms with Gasteiger partial charge in [-0.25, -0.2) is 9.78 Å². The molecule has 1 aliphatic rings. The van der Waals surface area contributed by atoms with Gasteiger partial charge in [-0.3, -0.25) is 4.90 Å². The second-order valence-corrected chi connectivity index (χ2v) is 6.36. The summed E-state index contributed by atoms with van der Waals surface area (Å²) in [5.74, 6) is 0.728. The summed E-state index contributed by atoms with van der Waals surface area (Å²) in [6, 6.07) is 12.3. The van der Waals surface area contributed by atoms with E-state index in [0.29, 0.717) is 6.04 Å².